The largest absolute Gasteiger partial charge is 0.360 e. The molecular formula is C24H16ClFN4O2S. The number of hydrogen-bond acceptors (Lipinski definition) is 6. The SMILES string of the molecule is Cc1onc(-c2ccccc2Cl)c1C(=O)N(Cc1ccccn1)c1nc2c(F)cccc2s1. The van der Waals surface area contributed by atoms with E-state index in [0.717, 1.165) is 0 Å². The van der Waals surface area contributed by atoms with E-state index in [2.05, 4.69) is 15.1 Å². The summed E-state index contributed by atoms with van der Waals surface area (Å²) in [4.78, 5) is 24.2. The summed E-state index contributed by atoms with van der Waals surface area (Å²) in [5.41, 5.74) is 2.04. The zero-order valence-corrected chi connectivity index (χ0v) is 18.9. The standard InChI is InChI=1S/C24H16ClFN4O2S/c1-14-20(21(29-32-14)16-8-2-3-9-17(16)25)23(31)30(13-15-7-4-5-12-27-15)24-28-22-18(26)10-6-11-19(22)33-24/h2-12H,13H2,1H3. The van der Waals surface area contributed by atoms with Crippen LogP contribution in [0.1, 0.15) is 21.8 Å². The molecule has 5 aromatic rings. The van der Waals surface area contributed by atoms with E-state index >= 15 is 0 Å². The minimum absolute atomic E-state index is 0.133. The highest BCUT2D eigenvalue weighted by Crippen LogP contribution is 2.35. The molecule has 0 atom stereocenters. The number of para-hydroxylation sites is 1. The summed E-state index contributed by atoms with van der Waals surface area (Å²) >= 11 is 7.60. The third-order valence-corrected chi connectivity index (χ3v) is 6.46. The number of anilines is 1. The number of amides is 1. The summed E-state index contributed by atoms with van der Waals surface area (Å²) in [5, 5.41) is 4.90. The van der Waals surface area contributed by atoms with Crippen molar-refractivity contribution in [2.24, 2.45) is 0 Å². The monoisotopic (exact) mass is 478 g/mol. The van der Waals surface area contributed by atoms with Crippen LogP contribution in [-0.2, 0) is 6.54 Å². The van der Waals surface area contributed by atoms with Gasteiger partial charge in [-0.2, -0.15) is 0 Å². The maximum atomic E-state index is 14.3. The van der Waals surface area contributed by atoms with E-state index in [1.54, 1.807) is 49.5 Å². The number of fused-ring (bicyclic) bond motifs is 1. The van der Waals surface area contributed by atoms with Crippen molar-refractivity contribution in [3.8, 4) is 11.3 Å². The molecule has 0 aliphatic heterocycles. The van der Waals surface area contributed by atoms with Crippen LogP contribution in [-0.4, -0.2) is 21.0 Å². The van der Waals surface area contributed by atoms with Crippen molar-refractivity contribution in [2.45, 2.75) is 13.5 Å². The molecule has 164 valence electrons. The Kier molecular flexibility index (Phi) is 5.62. The fourth-order valence-electron chi connectivity index (χ4n) is 3.49. The molecule has 0 saturated heterocycles. The third-order valence-electron chi connectivity index (χ3n) is 5.09. The van der Waals surface area contributed by atoms with Crippen LogP contribution in [0.25, 0.3) is 21.5 Å². The molecule has 0 fully saturated rings. The second-order valence-electron chi connectivity index (χ2n) is 7.24. The maximum absolute atomic E-state index is 14.3. The number of carbonyl (C=O) groups is 1. The molecule has 9 heteroatoms. The average Bonchev–Trinajstić information content (AvgIpc) is 3.42. The van der Waals surface area contributed by atoms with Gasteiger partial charge in [-0.15, -0.1) is 0 Å². The molecule has 1 amide bonds. The van der Waals surface area contributed by atoms with E-state index in [-0.39, 0.29) is 17.6 Å². The van der Waals surface area contributed by atoms with Crippen LogP contribution >= 0.6 is 22.9 Å². The van der Waals surface area contributed by atoms with Gasteiger partial charge in [-0.05, 0) is 37.3 Å². The second-order valence-corrected chi connectivity index (χ2v) is 8.65. The number of benzene rings is 2. The zero-order valence-electron chi connectivity index (χ0n) is 17.3. The topological polar surface area (TPSA) is 72.1 Å². The van der Waals surface area contributed by atoms with Gasteiger partial charge in [0.2, 0.25) is 0 Å². The van der Waals surface area contributed by atoms with Gasteiger partial charge in [0.25, 0.3) is 5.91 Å². The maximum Gasteiger partial charge on any atom is 0.266 e. The molecular weight excluding hydrogens is 463 g/mol. The van der Waals surface area contributed by atoms with Gasteiger partial charge in [0.15, 0.2) is 5.13 Å². The lowest BCUT2D eigenvalue weighted by Gasteiger charge is -2.19. The van der Waals surface area contributed by atoms with Crippen LogP contribution < -0.4 is 4.90 Å². The van der Waals surface area contributed by atoms with Crippen LogP contribution in [0, 0.1) is 12.7 Å². The van der Waals surface area contributed by atoms with E-state index in [4.69, 9.17) is 16.1 Å². The number of nitrogens with zero attached hydrogens (tertiary/aromatic N) is 4. The highest BCUT2D eigenvalue weighted by Gasteiger charge is 2.30. The fraction of sp³-hybridized carbons (Fsp3) is 0.0833. The van der Waals surface area contributed by atoms with Crippen molar-refractivity contribution >= 4 is 44.2 Å². The molecule has 0 radical (unpaired) electrons. The first-order chi connectivity index (χ1) is 16.0. The molecule has 6 nitrogen and oxygen atoms in total. The van der Waals surface area contributed by atoms with Crippen molar-refractivity contribution in [1.29, 1.82) is 0 Å². The lowest BCUT2D eigenvalue weighted by Crippen LogP contribution is -2.31. The quantitative estimate of drug-likeness (QED) is 0.296. The Labute approximate surface area is 197 Å². The van der Waals surface area contributed by atoms with Crippen LogP contribution in [0.15, 0.2) is 71.4 Å². The van der Waals surface area contributed by atoms with Crippen molar-refractivity contribution in [3.05, 3.63) is 94.7 Å². The molecule has 0 saturated carbocycles. The van der Waals surface area contributed by atoms with Crippen LogP contribution in [0.2, 0.25) is 5.02 Å². The molecule has 3 heterocycles. The van der Waals surface area contributed by atoms with E-state index < -0.39 is 11.7 Å². The van der Waals surface area contributed by atoms with Gasteiger partial charge in [0.05, 0.1) is 22.0 Å². The summed E-state index contributed by atoms with van der Waals surface area (Å²) in [6, 6.07) is 17.3. The second kappa shape index (κ2) is 8.73. The summed E-state index contributed by atoms with van der Waals surface area (Å²) in [7, 11) is 0. The molecule has 5 rings (SSSR count). The minimum atomic E-state index is -0.446. The number of aromatic nitrogens is 3. The summed E-state index contributed by atoms with van der Waals surface area (Å²) in [6.07, 6.45) is 1.65. The lowest BCUT2D eigenvalue weighted by atomic mass is 10.0. The lowest BCUT2D eigenvalue weighted by molar-refractivity contribution is 0.0984. The van der Waals surface area contributed by atoms with Gasteiger partial charge < -0.3 is 4.52 Å². The normalized spacial score (nSPS) is 11.1. The number of hydrogen-bond donors (Lipinski definition) is 0. The molecule has 3 aromatic heterocycles. The first-order valence-electron chi connectivity index (χ1n) is 10.0. The van der Waals surface area contributed by atoms with E-state index in [9.17, 15) is 9.18 Å². The minimum Gasteiger partial charge on any atom is -0.360 e. The van der Waals surface area contributed by atoms with Gasteiger partial charge >= 0.3 is 0 Å². The number of carbonyl (C=O) groups excluding carboxylic acids is 1. The molecule has 33 heavy (non-hydrogen) atoms. The molecule has 0 N–H and O–H groups in total. The predicted octanol–water partition coefficient (Wildman–Crippen LogP) is 6.29. The van der Waals surface area contributed by atoms with Gasteiger partial charge in [-0.3, -0.25) is 14.7 Å². The first kappa shape index (κ1) is 21.2. The Bertz CT molecular complexity index is 1470. The van der Waals surface area contributed by atoms with Crippen molar-refractivity contribution in [2.75, 3.05) is 4.90 Å². The molecule has 0 bridgehead atoms. The Morgan fingerprint density at radius 2 is 1.94 bits per heavy atom. The highest BCUT2D eigenvalue weighted by atomic mass is 35.5. The van der Waals surface area contributed by atoms with Crippen LogP contribution in [0.5, 0.6) is 0 Å². The molecule has 0 spiro atoms. The molecule has 0 aliphatic carbocycles. The van der Waals surface area contributed by atoms with Crippen LogP contribution in [0.4, 0.5) is 9.52 Å². The fourth-order valence-corrected chi connectivity index (χ4v) is 4.70. The smallest absolute Gasteiger partial charge is 0.266 e. The van der Waals surface area contributed by atoms with Gasteiger partial charge in [0.1, 0.15) is 28.4 Å². The van der Waals surface area contributed by atoms with Crippen molar-refractivity contribution in [1.82, 2.24) is 15.1 Å². The van der Waals surface area contributed by atoms with E-state index in [1.807, 2.05) is 18.2 Å². The number of thiazole rings is 1. The van der Waals surface area contributed by atoms with Gasteiger partial charge in [-0.1, -0.05) is 58.4 Å². The Balaban J connectivity index is 1.64. The van der Waals surface area contributed by atoms with Crippen LogP contribution in [0.3, 0.4) is 0 Å². The molecule has 0 aliphatic rings. The number of rotatable bonds is 5. The zero-order chi connectivity index (χ0) is 22.9. The third kappa shape index (κ3) is 3.99. The summed E-state index contributed by atoms with van der Waals surface area (Å²) in [5.74, 6) is -0.500. The molecule has 0 unspecified atom stereocenters. The van der Waals surface area contributed by atoms with Crippen molar-refractivity contribution in [3.63, 3.8) is 0 Å². The first-order valence-corrected chi connectivity index (χ1v) is 11.2. The Morgan fingerprint density at radius 3 is 2.70 bits per heavy atom. The number of pyridine rings is 1. The Morgan fingerprint density at radius 1 is 1.12 bits per heavy atom. The van der Waals surface area contributed by atoms with E-state index in [1.165, 1.54) is 22.3 Å². The molecule has 2 aromatic carbocycles. The number of aryl methyl sites for hydroxylation is 1. The summed E-state index contributed by atoms with van der Waals surface area (Å²) < 4.78 is 20.4. The predicted molar refractivity (Wildman–Crippen MR) is 126 cm³/mol. The highest BCUT2D eigenvalue weighted by molar-refractivity contribution is 7.22. The van der Waals surface area contributed by atoms with E-state index in [0.29, 0.717) is 37.6 Å². The summed E-state index contributed by atoms with van der Waals surface area (Å²) in [6.45, 7) is 1.80. The van der Waals surface area contributed by atoms with Gasteiger partial charge in [-0.25, -0.2) is 9.37 Å². The average molecular weight is 479 g/mol. The van der Waals surface area contributed by atoms with Gasteiger partial charge in [0, 0.05) is 11.8 Å². The number of halogens is 2. The van der Waals surface area contributed by atoms with Crippen molar-refractivity contribution < 1.29 is 13.7 Å². The Hall–Kier alpha value is -3.62.